The van der Waals surface area contributed by atoms with Crippen LogP contribution >= 0.6 is 11.6 Å². The van der Waals surface area contributed by atoms with Crippen molar-refractivity contribution in [3.05, 3.63) is 32.5 Å². The average molecular weight is 253 g/mol. The second-order valence-corrected chi connectivity index (χ2v) is 3.00. The van der Waals surface area contributed by atoms with Crippen LogP contribution in [0.25, 0.3) is 0 Å². The lowest BCUT2D eigenvalue weighted by molar-refractivity contribution is -0.390. The van der Waals surface area contributed by atoms with Gasteiger partial charge in [-0.25, -0.2) is 13.6 Å². The third-order valence-electron chi connectivity index (χ3n) is 1.58. The van der Waals surface area contributed by atoms with Gasteiger partial charge in [0.05, 0.1) is 5.02 Å². The van der Waals surface area contributed by atoms with Crippen LogP contribution in [0.5, 0.6) is 0 Å². The molecule has 1 aromatic rings. The number of hydrogen-bond acceptors (Lipinski definition) is 4. The summed E-state index contributed by atoms with van der Waals surface area (Å²) >= 11 is 5.36. The molecule has 1 aromatic heterocycles. The van der Waals surface area contributed by atoms with Gasteiger partial charge in [-0.2, -0.15) is 0 Å². The van der Waals surface area contributed by atoms with Crippen molar-refractivity contribution < 1.29 is 23.6 Å². The first-order valence-electron chi connectivity index (χ1n) is 3.71. The summed E-state index contributed by atoms with van der Waals surface area (Å²) in [6.45, 7) is 0. The lowest BCUT2D eigenvalue weighted by Crippen LogP contribution is -2.08. The minimum absolute atomic E-state index is 0.586. The molecule has 0 unspecified atom stereocenters. The van der Waals surface area contributed by atoms with Gasteiger partial charge in [-0.1, -0.05) is 11.6 Å². The van der Waals surface area contributed by atoms with Crippen LogP contribution in [-0.4, -0.2) is 21.0 Å². The quantitative estimate of drug-likeness (QED) is 0.658. The zero-order chi connectivity index (χ0) is 12.5. The van der Waals surface area contributed by atoms with Gasteiger partial charge in [-0.3, -0.25) is 0 Å². The summed E-state index contributed by atoms with van der Waals surface area (Å²) in [4.78, 5) is 22.8. The first-order valence-corrected chi connectivity index (χ1v) is 4.08. The second-order valence-electron chi connectivity index (χ2n) is 2.59. The number of halogens is 3. The Balaban J connectivity index is 3.52. The second kappa shape index (κ2) is 4.35. The van der Waals surface area contributed by atoms with Gasteiger partial charge in [0.15, 0.2) is 5.56 Å². The van der Waals surface area contributed by atoms with E-state index < -0.39 is 39.4 Å². The van der Waals surface area contributed by atoms with Crippen molar-refractivity contribution in [2.24, 2.45) is 0 Å². The molecule has 16 heavy (non-hydrogen) atoms. The van der Waals surface area contributed by atoms with Gasteiger partial charge in [0.2, 0.25) is 5.69 Å². The van der Waals surface area contributed by atoms with Crippen molar-refractivity contribution in [1.29, 1.82) is 0 Å². The van der Waals surface area contributed by atoms with Crippen LogP contribution in [0.3, 0.4) is 0 Å². The molecule has 1 N–H and O–H groups in total. The fourth-order valence-electron chi connectivity index (χ4n) is 0.961. The topological polar surface area (TPSA) is 93.3 Å². The smallest absolute Gasteiger partial charge is 0.380 e. The van der Waals surface area contributed by atoms with Gasteiger partial charge in [0.25, 0.3) is 0 Å². The number of nitro groups is 1. The number of aromatic nitrogens is 1. The Labute approximate surface area is 91.6 Å². The summed E-state index contributed by atoms with van der Waals surface area (Å²) in [6.07, 6.45) is -3.07. The number of carbonyl (C=O) groups is 1. The van der Waals surface area contributed by atoms with Crippen molar-refractivity contribution in [2.45, 2.75) is 6.43 Å². The molecule has 0 aliphatic rings. The van der Waals surface area contributed by atoms with Crippen LogP contribution < -0.4 is 0 Å². The summed E-state index contributed by atoms with van der Waals surface area (Å²) < 4.78 is 24.5. The summed E-state index contributed by atoms with van der Waals surface area (Å²) in [5.74, 6) is -2.90. The molecule has 0 saturated carbocycles. The Hall–Kier alpha value is -1.83. The van der Waals surface area contributed by atoms with E-state index >= 15 is 0 Å². The molecular formula is C7H3ClF2N2O4. The van der Waals surface area contributed by atoms with E-state index in [-0.39, 0.29) is 0 Å². The van der Waals surface area contributed by atoms with Crippen molar-refractivity contribution in [3.63, 3.8) is 0 Å². The zero-order valence-corrected chi connectivity index (χ0v) is 8.11. The molecule has 1 heterocycles. The third kappa shape index (κ3) is 2.22. The van der Waals surface area contributed by atoms with E-state index in [0.717, 1.165) is 0 Å². The average Bonchev–Trinajstić information content (AvgIpc) is 2.15. The number of aromatic carboxylic acids is 1. The van der Waals surface area contributed by atoms with Crippen LogP contribution in [0.2, 0.25) is 5.02 Å². The van der Waals surface area contributed by atoms with Crippen LogP contribution in [0.15, 0.2) is 6.07 Å². The molecule has 0 amide bonds. The predicted molar refractivity (Wildman–Crippen MR) is 47.8 cm³/mol. The van der Waals surface area contributed by atoms with E-state index in [0.29, 0.717) is 6.07 Å². The zero-order valence-electron chi connectivity index (χ0n) is 7.35. The molecule has 0 atom stereocenters. The Morgan fingerprint density at radius 1 is 1.62 bits per heavy atom. The van der Waals surface area contributed by atoms with Crippen molar-refractivity contribution in [2.75, 3.05) is 0 Å². The summed E-state index contributed by atoms with van der Waals surface area (Å²) in [6, 6.07) is 0.586. The molecular weight excluding hydrogens is 250 g/mol. The van der Waals surface area contributed by atoms with Crippen molar-refractivity contribution in [3.8, 4) is 0 Å². The highest BCUT2D eigenvalue weighted by Gasteiger charge is 2.29. The third-order valence-corrected chi connectivity index (χ3v) is 1.88. The van der Waals surface area contributed by atoms with E-state index in [4.69, 9.17) is 16.7 Å². The van der Waals surface area contributed by atoms with Gasteiger partial charge in [0.1, 0.15) is 0 Å². The maximum atomic E-state index is 12.2. The molecule has 0 aliphatic carbocycles. The Kier molecular flexibility index (Phi) is 3.33. The fraction of sp³-hybridized carbons (Fsp3) is 0.143. The van der Waals surface area contributed by atoms with E-state index in [2.05, 4.69) is 4.98 Å². The molecule has 0 saturated heterocycles. The van der Waals surface area contributed by atoms with Crippen molar-refractivity contribution >= 4 is 23.4 Å². The lowest BCUT2D eigenvalue weighted by atomic mass is 10.2. The molecule has 0 radical (unpaired) electrons. The van der Waals surface area contributed by atoms with Gasteiger partial charge in [-0.15, -0.1) is 0 Å². The minimum atomic E-state index is -3.07. The lowest BCUT2D eigenvalue weighted by Gasteiger charge is -2.02. The maximum absolute atomic E-state index is 12.2. The molecule has 86 valence electrons. The monoisotopic (exact) mass is 252 g/mol. The number of rotatable bonds is 3. The number of alkyl halides is 2. The molecule has 9 heteroatoms. The van der Waals surface area contributed by atoms with Gasteiger partial charge in [0, 0.05) is 6.07 Å². The van der Waals surface area contributed by atoms with Crippen LogP contribution in [0.4, 0.5) is 14.6 Å². The number of pyridine rings is 1. The largest absolute Gasteiger partial charge is 0.477 e. The number of carboxylic acids is 1. The molecule has 0 aromatic carbocycles. The van der Waals surface area contributed by atoms with E-state index in [1.165, 1.54) is 0 Å². The number of nitrogens with zero attached hydrogens (tertiary/aromatic N) is 2. The van der Waals surface area contributed by atoms with E-state index in [9.17, 15) is 23.7 Å². The number of hydrogen-bond donors (Lipinski definition) is 1. The maximum Gasteiger partial charge on any atom is 0.380 e. The Bertz CT molecular complexity index is 466. The van der Waals surface area contributed by atoms with Gasteiger partial charge < -0.3 is 15.2 Å². The van der Waals surface area contributed by atoms with Gasteiger partial charge >= 0.3 is 18.2 Å². The van der Waals surface area contributed by atoms with Crippen LogP contribution in [0.1, 0.15) is 22.5 Å². The predicted octanol–water partition coefficient (Wildman–Crippen LogP) is 2.28. The van der Waals surface area contributed by atoms with E-state index in [1.54, 1.807) is 0 Å². The normalized spacial score (nSPS) is 10.5. The first kappa shape index (κ1) is 12.2. The van der Waals surface area contributed by atoms with Crippen LogP contribution in [-0.2, 0) is 0 Å². The van der Waals surface area contributed by atoms with E-state index in [1.807, 2.05) is 0 Å². The summed E-state index contributed by atoms with van der Waals surface area (Å²) in [5, 5.41) is 18.4. The Morgan fingerprint density at radius 2 is 2.19 bits per heavy atom. The minimum Gasteiger partial charge on any atom is -0.477 e. The molecule has 0 fully saturated rings. The standard InChI is InChI=1S/C7H3ClF2N2O4/c8-2-1-3(5(9)10)11-6(12(15)16)4(2)7(13)14/h1,5H,(H,13,14). The first-order chi connectivity index (χ1) is 7.34. The Morgan fingerprint density at radius 3 is 2.56 bits per heavy atom. The molecule has 1 rings (SSSR count). The summed E-state index contributed by atoms with van der Waals surface area (Å²) in [7, 11) is 0. The van der Waals surface area contributed by atoms with Gasteiger partial charge in [-0.05, 0) is 9.91 Å². The molecule has 6 nitrogen and oxygen atoms in total. The number of carboxylic acid groups (broad SMARTS) is 1. The SMILES string of the molecule is O=C(O)c1c(Cl)cc(C(F)F)nc1[N+](=O)[O-]. The highest BCUT2D eigenvalue weighted by atomic mass is 35.5. The highest BCUT2D eigenvalue weighted by Crippen LogP contribution is 2.29. The molecule has 0 aliphatic heterocycles. The molecule has 0 spiro atoms. The fourth-order valence-corrected chi connectivity index (χ4v) is 1.24. The molecule has 0 bridgehead atoms. The van der Waals surface area contributed by atoms with Crippen molar-refractivity contribution in [1.82, 2.24) is 4.98 Å². The highest BCUT2D eigenvalue weighted by molar-refractivity contribution is 6.34. The summed E-state index contributed by atoms with van der Waals surface area (Å²) in [5.41, 5.74) is -1.85. The van der Waals surface area contributed by atoms with Crippen LogP contribution in [0, 0.1) is 10.1 Å².